The lowest BCUT2D eigenvalue weighted by atomic mass is 10.0. The number of amides is 1. The molecule has 0 aliphatic carbocycles. The number of fused-ring (bicyclic) bond motifs is 1. The molecule has 0 saturated heterocycles. The van der Waals surface area contributed by atoms with Crippen molar-refractivity contribution in [3.8, 4) is 23.0 Å². The van der Waals surface area contributed by atoms with Crippen LogP contribution in [0.2, 0.25) is 0 Å². The molecule has 8 nitrogen and oxygen atoms in total. The third-order valence-corrected chi connectivity index (χ3v) is 6.73. The average molecular weight is 596 g/mol. The summed E-state index contributed by atoms with van der Waals surface area (Å²) >= 11 is 0. The van der Waals surface area contributed by atoms with Crippen molar-refractivity contribution in [3.63, 3.8) is 0 Å². The molecule has 0 spiro atoms. The first-order valence-corrected chi connectivity index (χ1v) is 13.1. The summed E-state index contributed by atoms with van der Waals surface area (Å²) < 4.78 is 57.8. The molecule has 12 heteroatoms. The Balaban J connectivity index is 1.30. The summed E-state index contributed by atoms with van der Waals surface area (Å²) in [5.74, 6) is 4.23. The highest BCUT2D eigenvalue weighted by atomic mass is 19.4. The molecule has 44 heavy (non-hydrogen) atoms. The fraction of sp³-hybridized carbons (Fsp3) is 0.0625. The summed E-state index contributed by atoms with van der Waals surface area (Å²) in [7, 11) is 0. The van der Waals surface area contributed by atoms with Gasteiger partial charge in [0.15, 0.2) is 5.65 Å². The third-order valence-electron chi connectivity index (χ3n) is 6.73. The van der Waals surface area contributed by atoms with Crippen LogP contribution in [0.25, 0.3) is 16.8 Å². The van der Waals surface area contributed by atoms with E-state index in [1.807, 2.05) is 12.1 Å². The van der Waals surface area contributed by atoms with Crippen LogP contribution in [-0.2, 0) is 6.18 Å². The SMILES string of the molecule is Cc1cc(F)c(C(=O)Nc2cc(-c3ccncc3)cc(C(F)(F)F)c2)cc1C#Cc1cnc2c(Nc3cn[nH]c3)cccn12. The maximum atomic E-state index is 15.0. The molecule has 4 aromatic heterocycles. The maximum Gasteiger partial charge on any atom is 0.416 e. The van der Waals surface area contributed by atoms with Crippen LogP contribution < -0.4 is 10.6 Å². The number of nitrogens with one attached hydrogen (secondary N) is 3. The second-order valence-electron chi connectivity index (χ2n) is 9.75. The Hall–Kier alpha value is -5.96. The van der Waals surface area contributed by atoms with Crippen molar-refractivity contribution in [2.75, 3.05) is 10.6 Å². The van der Waals surface area contributed by atoms with Crippen LogP contribution in [0.5, 0.6) is 0 Å². The molecule has 2 aromatic carbocycles. The largest absolute Gasteiger partial charge is 0.416 e. The van der Waals surface area contributed by atoms with Crippen LogP contribution in [0.1, 0.15) is 32.7 Å². The number of anilines is 3. The second-order valence-corrected chi connectivity index (χ2v) is 9.75. The van der Waals surface area contributed by atoms with Gasteiger partial charge in [0.05, 0.1) is 34.9 Å². The molecule has 0 aliphatic rings. The quantitative estimate of drug-likeness (QED) is 0.148. The van der Waals surface area contributed by atoms with Crippen LogP contribution in [0.3, 0.4) is 0 Å². The highest BCUT2D eigenvalue weighted by molar-refractivity contribution is 6.05. The van der Waals surface area contributed by atoms with Crippen molar-refractivity contribution in [3.05, 3.63) is 126 Å². The fourth-order valence-electron chi connectivity index (χ4n) is 4.56. The summed E-state index contributed by atoms with van der Waals surface area (Å²) in [6, 6.07) is 12.4. The van der Waals surface area contributed by atoms with Gasteiger partial charge in [0.25, 0.3) is 5.91 Å². The van der Waals surface area contributed by atoms with E-state index >= 15 is 0 Å². The fourth-order valence-corrected chi connectivity index (χ4v) is 4.56. The molecule has 0 radical (unpaired) electrons. The lowest BCUT2D eigenvalue weighted by Crippen LogP contribution is -2.15. The number of hydrogen-bond donors (Lipinski definition) is 3. The van der Waals surface area contributed by atoms with Gasteiger partial charge in [-0.1, -0.05) is 5.92 Å². The summed E-state index contributed by atoms with van der Waals surface area (Å²) in [4.78, 5) is 21.5. The molecule has 0 saturated carbocycles. The van der Waals surface area contributed by atoms with Gasteiger partial charge >= 0.3 is 6.18 Å². The molecule has 4 heterocycles. The van der Waals surface area contributed by atoms with Gasteiger partial charge in [-0.25, -0.2) is 9.37 Å². The number of carbonyl (C=O) groups is 1. The smallest absolute Gasteiger partial charge is 0.350 e. The number of pyridine rings is 2. The van der Waals surface area contributed by atoms with Gasteiger partial charge in [-0.15, -0.1) is 0 Å². The molecule has 1 amide bonds. The highest BCUT2D eigenvalue weighted by Crippen LogP contribution is 2.35. The Kier molecular flexibility index (Phi) is 7.28. The van der Waals surface area contributed by atoms with Crippen LogP contribution in [-0.4, -0.2) is 30.5 Å². The topological polar surface area (TPSA) is 100 Å². The zero-order valence-electron chi connectivity index (χ0n) is 22.9. The Morgan fingerprint density at radius 2 is 1.80 bits per heavy atom. The lowest BCUT2D eigenvalue weighted by Gasteiger charge is -2.14. The molecule has 0 aliphatic heterocycles. The van der Waals surface area contributed by atoms with Gasteiger partial charge in [-0.05, 0) is 84.1 Å². The van der Waals surface area contributed by atoms with Gasteiger partial charge in [0, 0.05) is 36.0 Å². The minimum absolute atomic E-state index is 0.144. The number of alkyl halides is 3. The molecule has 0 atom stereocenters. The number of rotatable bonds is 5. The first-order chi connectivity index (χ1) is 21.2. The Morgan fingerprint density at radius 1 is 0.977 bits per heavy atom. The van der Waals surface area contributed by atoms with E-state index in [0.717, 1.165) is 29.6 Å². The molecule has 6 rings (SSSR count). The van der Waals surface area contributed by atoms with Crippen molar-refractivity contribution in [2.45, 2.75) is 13.1 Å². The summed E-state index contributed by atoms with van der Waals surface area (Å²) in [6.07, 6.45) is 4.93. The van der Waals surface area contributed by atoms with E-state index in [9.17, 15) is 22.4 Å². The Labute approximate surface area is 247 Å². The van der Waals surface area contributed by atoms with Crippen molar-refractivity contribution in [1.29, 1.82) is 0 Å². The molecular weight excluding hydrogens is 574 g/mol. The van der Waals surface area contributed by atoms with E-state index < -0.39 is 23.5 Å². The van der Waals surface area contributed by atoms with Gasteiger partial charge in [-0.3, -0.25) is 19.3 Å². The Morgan fingerprint density at radius 3 is 2.55 bits per heavy atom. The van der Waals surface area contributed by atoms with Crippen LogP contribution in [0.15, 0.2) is 91.8 Å². The first kappa shape index (κ1) is 28.2. The van der Waals surface area contributed by atoms with Gasteiger partial charge in [-0.2, -0.15) is 18.3 Å². The summed E-state index contributed by atoms with van der Waals surface area (Å²) in [6.45, 7) is 1.64. The van der Waals surface area contributed by atoms with E-state index in [1.54, 1.807) is 48.2 Å². The number of aromatic nitrogens is 5. The normalized spacial score (nSPS) is 11.2. The van der Waals surface area contributed by atoms with E-state index in [-0.39, 0.29) is 16.8 Å². The number of H-pyrrole nitrogens is 1. The number of imidazole rings is 1. The van der Waals surface area contributed by atoms with Crippen LogP contribution in [0, 0.1) is 24.6 Å². The number of nitrogens with zero attached hydrogens (tertiary/aromatic N) is 4. The maximum absolute atomic E-state index is 15.0. The molecule has 6 aromatic rings. The number of halogens is 4. The Bertz CT molecular complexity index is 2060. The molecule has 0 unspecified atom stereocenters. The summed E-state index contributed by atoms with van der Waals surface area (Å²) in [5.41, 5.74) is 2.67. The van der Waals surface area contributed by atoms with Crippen molar-refractivity contribution in [2.24, 2.45) is 0 Å². The van der Waals surface area contributed by atoms with E-state index in [0.29, 0.717) is 28.0 Å². The zero-order valence-corrected chi connectivity index (χ0v) is 22.9. The summed E-state index contributed by atoms with van der Waals surface area (Å²) in [5, 5.41) is 12.3. The number of aryl methyl sites for hydroxylation is 1. The zero-order chi connectivity index (χ0) is 30.8. The minimum atomic E-state index is -4.67. The number of carbonyl (C=O) groups excluding carboxylic acids is 1. The first-order valence-electron chi connectivity index (χ1n) is 13.1. The van der Waals surface area contributed by atoms with Gasteiger partial charge in [0.1, 0.15) is 11.5 Å². The molecule has 0 fully saturated rings. The molecular formula is C32H21F4N7O. The van der Waals surface area contributed by atoms with Crippen molar-refractivity contribution >= 4 is 28.6 Å². The van der Waals surface area contributed by atoms with E-state index in [4.69, 9.17) is 0 Å². The second kappa shape index (κ2) is 11.4. The lowest BCUT2D eigenvalue weighted by molar-refractivity contribution is -0.137. The minimum Gasteiger partial charge on any atom is -0.350 e. The molecule has 0 bridgehead atoms. The van der Waals surface area contributed by atoms with Crippen molar-refractivity contribution < 1.29 is 22.4 Å². The predicted octanol–water partition coefficient (Wildman–Crippen LogP) is 6.98. The molecule has 3 N–H and O–H groups in total. The van der Waals surface area contributed by atoms with Gasteiger partial charge < -0.3 is 10.6 Å². The average Bonchev–Trinajstić information content (AvgIpc) is 3.67. The highest BCUT2D eigenvalue weighted by Gasteiger charge is 2.31. The van der Waals surface area contributed by atoms with Crippen LogP contribution >= 0.6 is 0 Å². The predicted molar refractivity (Wildman–Crippen MR) is 157 cm³/mol. The standard InChI is InChI=1S/C32H21F4N7O/c1-19-11-28(33)27(31(44)42-24-13-22(20-6-8-37-9-7-20)12-23(15-24)32(34,35)36)14-21(19)4-5-26-18-38-30-29(3-2-10-43(26)30)41-25-16-39-40-17-25/h2-3,6-18,41H,1H3,(H,39,40)(H,42,44). The third kappa shape index (κ3) is 5.84. The van der Waals surface area contributed by atoms with Gasteiger partial charge in [0.2, 0.25) is 0 Å². The van der Waals surface area contributed by atoms with Crippen LogP contribution in [0.4, 0.5) is 34.6 Å². The van der Waals surface area contributed by atoms with E-state index in [2.05, 4.69) is 42.6 Å². The monoisotopic (exact) mass is 595 g/mol. The number of hydrogen-bond acceptors (Lipinski definition) is 5. The number of aromatic amines is 1. The van der Waals surface area contributed by atoms with Crippen molar-refractivity contribution in [1.82, 2.24) is 24.6 Å². The van der Waals surface area contributed by atoms with E-state index in [1.165, 1.54) is 24.5 Å². The number of benzene rings is 2. The molecule has 218 valence electrons.